The van der Waals surface area contributed by atoms with Gasteiger partial charge >= 0.3 is 24.2 Å². The summed E-state index contributed by atoms with van der Waals surface area (Å²) in [6.07, 6.45) is -1.91. The van der Waals surface area contributed by atoms with E-state index in [0.717, 1.165) is 0 Å². The third kappa shape index (κ3) is 11.4. The first-order valence-electron chi connectivity index (χ1n) is 12.0. The second-order valence-electron chi connectivity index (χ2n) is 8.32. The Labute approximate surface area is 211 Å². The number of rotatable bonds is 14. The molecule has 11 nitrogen and oxygen atoms in total. The van der Waals surface area contributed by atoms with Gasteiger partial charge in [-0.3, -0.25) is 9.59 Å². The van der Waals surface area contributed by atoms with Gasteiger partial charge in [0.15, 0.2) is 11.5 Å². The molecule has 36 heavy (non-hydrogen) atoms. The van der Waals surface area contributed by atoms with Crippen LogP contribution >= 0.6 is 0 Å². The van der Waals surface area contributed by atoms with Crippen LogP contribution in [0.25, 0.3) is 0 Å². The summed E-state index contributed by atoms with van der Waals surface area (Å²) in [6.45, 7) is 10.5. The number of aliphatic carboxylic acids is 1. The lowest BCUT2D eigenvalue weighted by Crippen LogP contribution is -2.42. The van der Waals surface area contributed by atoms with E-state index in [1.165, 1.54) is 18.2 Å². The number of ether oxygens (including phenoxy) is 5. The van der Waals surface area contributed by atoms with Gasteiger partial charge in [0.1, 0.15) is 24.4 Å². The molecule has 0 amide bonds. The lowest BCUT2D eigenvalue weighted by molar-refractivity contribution is -0.147. The molecule has 0 bridgehead atoms. The number of nitrogens with one attached hydrogen (secondary N) is 1. The van der Waals surface area contributed by atoms with Gasteiger partial charge in [0.2, 0.25) is 0 Å². The zero-order valence-electron chi connectivity index (χ0n) is 21.7. The minimum absolute atomic E-state index is 0.00184. The summed E-state index contributed by atoms with van der Waals surface area (Å²) in [5.41, 5.74) is 0.474. The van der Waals surface area contributed by atoms with E-state index in [4.69, 9.17) is 23.7 Å². The molecule has 0 aromatic heterocycles. The summed E-state index contributed by atoms with van der Waals surface area (Å²) in [4.78, 5) is 47.5. The fourth-order valence-electron chi connectivity index (χ4n) is 2.71. The Hall–Kier alpha value is -3.34. The SMILES string of the molecule is CCC(=O)OC(C)CN[C@@H](Cc1ccc(OC(=O)OC(C)CC)c(OC(=O)OC(C)CC)c1)C(=O)O. The average Bonchev–Trinajstić information content (AvgIpc) is 2.82. The number of carbonyl (C=O) groups is 4. The third-order valence-corrected chi connectivity index (χ3v) is 5.15. The Morgan fingerprint density at radius 3 is 1.89 bits per heavy atom. The van der Waals surface area contributed by atoms with Crippen LogP contribution in [-0.2, 0) is 30.2 Å². The summed E-state index contributed by atoms with van der Waals surface area (Å²) in [7, 11) is 0. The molecule has 1 aromatic rings. The quantitative estimate of drug-likeness (QED) is 0.210. The van der Waals surface area contributed by atoms with E-state index >= 15 is 0 Å². The van der Waals surface area contributed by atoms with E-state index in [0.29, 0.717) is 18.4 Å². The number of esters is 1. The van der Waals surface area contributed by atoms with Gasteiger partial charge in [-0.25, -0.2) is 9.59 Å². The van der Waals surface area contributed by atoms with Crippen LogP contribution in [0.5, 0.6) is 11.5 Å². The number of hydrogen-bond acceptors (Lipinski definition) is 10. The zero-order valence-corrected chi connectivity index (χ0v) is 21.7. The molecule has 0 heterocycles. The van der Waals surface area contributed by atoms with Crippen LogP contribution in [0.1, 0.15) is 66.4 Å². The molecule has 0 spiro atoms. The van der Waals surface area contributed by atoms with E-state index in [2.05, 4.69) is 5.32 Å². The molecule has 202 valence electrons. The van der Waals surface area contributed by atoms with Crippen molar-refractivity contribution in [1.82, 2.24) is 5.32 Å². The maximum atomic E-state index is 12.2. The number of carboxylic acid groups (broad SMARTS) is 1. The number of carbonyl (C=O) groups excluding carboxylic acids is 3. The lowest BCUT2D eigenvalue weighted by atomic mass is 10.0. The normalized spacial score (nSPS) is 14.1. The van der Waals surface area contributed by atoms with Crippen molar-refractivity contribution < 1.29 is 48.0 Å². The molecule has 0 saturated carbocycles. The van der Waals surface area contributed by atoms with Crippen molar-refractivity contribution in [3.8, 4) is 11.5 Å². The summed E-state index contributed by atoms with van der Waals surface area (Å²) in [5.74, 6) is -1.73. The molecular formula is C25H37NO10. The molecule has 3 unspecified atom stereocenters. The minimum atomic E-state index is -1.12. The number of hydrogen-bond donors (Lipinski definition) is 2. The Morgan fingerprint density at radius 2 is 1.39 bits per heavy atom. The molecule has 11 heteroatoms. The van der Waals surface area contributed by atoms with Crippen molar-refractivity contribution in [2.24, 2.45) is 0 Å². The molecule has 0 aliphatic heterocycles. The Kier molecular flexibility index (Phi) is 13.3. The van der Waals surface area contributed by atoms with Crippen LogP contribution in [0, 0.1) is 0 Å². The fraction of sp³-hybridized carbons (Fsp3) is 0.600. The molecule has 1 rings (SSSR count). The van der Waals surface area contributed by atoms with Gasteiger partial charge in [-0.1, -0.05) is 26.8 Å². The summed E-state index contributed by atoms with van der Waals surface area (Å²) in [5, 5.41) is 12.5. The van der Waals surface area contributed by atoms with Crippen molar-refractivity contribution in [3.63, 3.8) is 0 Å². The van der Waals surface area contributed by atoms with Crippen molar-refractivity contribution >= 4 is 24.2 Å². The van der Waals surface area contributed by atoms with Gasteiger partial charge in [-0.2, -0.15) is 0 Å². The maximum absolute atomic E-state index is 12.2. The predicted molar refractivity (Wildman–Crippen MR) is 129 cm³/mol. The lowest BCUT2D eigenvalue weighted by Gasteiger charge is -2.19. The second kappa shape index (κ2) is 15.6. The summed E-state index contributed by atoms with van der Waals surface area (Å²) >= 11 is 0. The predicted octanol–water partition coefficient (Wildman–Crippen LogP) is 4.24. The van der Waals surface area contributed by atoms with E-state index in [-0.39, 0.29) is 43.0 Å². The Morgan fingerprint density at radius 1 is 0.833 bits per heavy atom. The van der Waals surface area contributed by atoms with E-state index in [1.54, 1.807) is 27.7 Å². The van der Waals surface area contributed by atoms with Crippen molar-refractivity contribution in [1.29, 1.82) is 0 Å². The van der Waals surface area contributed by atoms with Gasteiger partial charge in [-0.05, 0) is 57.7 Å². The molecule has 4 atom stereocenters. The van der Waals surface area contributed by atoms with Gasteiger partial charge in [0, 0.05) is 13.0 Å². The highest BCUT2D eigenvalue weighted by molar-refractivity contribution is 5.74. The van der Waals surface area contributed by atoms with Crippen LogP contribution in [-0.4, -0.2) is 60.3 Å². The Balaban J connectivity index is 3.06. The van der Waals surface area contributed by atoms with Gasteiger partial charge in [-0.15, -0.1) is 0 Å². The standard InChI is InChI=1S/C25H37NO10/c1-7-15(4)33-24(30)35-20-11-10-18(13-21(20)36-25(31)34-16(5)8-2)12-19(23(28)29)26-14-17(6)32-22(27)9-3/h10-11,13,15-17,19,26H,7-9,12,14H2,1-6H3,(H,28,29)/t15?,16?,17?,19-/m0/s1. The average molecular weight is 512 g/mol. The fourth-order valence-corrected chi connectivity index (χ4v) is 2.71. The van der Waals surface area contributed by atoms with Crippen LogP contribution < -0.4 is 14.8 Å². The molecule has 0 fully saturated rings. The maximum Gasteiger partial charge on any atom is 0.514 e. The van der Waals surface area contributed by atoms with Crippen molar-refractivity contribution in [2.75, 3.05) is 6.54 Å². The minimum Gasteiger partial charge on any atom is -0.480 e. The first kappa shape index (κ1) is 30.7. The van der Waals surface area contributed by atoms with Crippen LogP contribution in [0.4, 0.5) is 9.59 Å². The molecule has 0 saturated heterocycles. The van der Waals surface area contributed by atoms with Gasteiger partial charge in [0.25, 0.3) is 0 Å². The highest BCUT2D eigenvalue weighted by Gasteiger charge is 2.23. The monoisotopic (exact) mass is 511 g/mol. The molecule has 0 aliphatic carbocycles. The van der Waals surface area contributed by atoms with E-state index < -0.39 is 36.5 Å². The molecule has 0 aliphatic rings. The first-order valence-corrected chi connectivity index (χ1v) is 12.0. The summed E-state index contributed by atoms with van der Waals surface area (Å²) in [6, 6.07) is 3.28. The largest absolute Gasteiger partial charge is 0.514 e. The summed E-state index contributed by atoms with van der Waals surface area (Å²) < 4.78 is 25.9. The van der Waals surface area contributed by atoms with Gasteiger partial charge < -0.3 is 34.1 Å². The number of benzene rings is 1. The van der Waals surface area contributed by atoms with Crippen LogP contribution in [0.3, 0.4) is 0 Å². The van der Waals surface area contributed by atoms with Crippen LogP contribution in [0.15, 0.2) is 18.2 Å². The molecule has 2 N–H and O–H groups in total. The first-order chi connectivity index (χ1) is 17.0. The number of carboxylic acids is 1. The van der Waals surface area contributed by atoms with Crippen molar-refractivity contribution in [2.45, 2.75) is 91.6 Å². The second-order valence-corrected chi connectivity index (χ2v) is 8.32. The topological polar surface area (TPSA) is 147 Å². The molecule has 0 radical (unpaired) electrons. The zero-order chi connectivity index (χ0) is 27.3. The highest BCUT2D eigenvalue weighted by atomic mass is 16.7. The third-order valence-electron chi connectivity index (χ3n) is 5.15. The molecule has 1 aromatic carbocycles. The van der Waals surface area contributed by atoms with Crippen LogP contribution in [0.2, 0.25) is 0 Å². The van der Waals surface area contributed by atoms with Gasteiger partial charge in [0.05, 0.1) is 0 Å². The Bertz CT molecular complexity index is 888. The van der Waals surface area contributed by atoms with Crippen molar-refractivity contribution in [3.05, 3.63) is 23.8 Å². The molecular weight excluding hydrogens is 474 g/mol. The highest BCUT2D eigenvalue weighted by Crippen LogP contribution is 2.30. The smallest absolute Gasteiger partial charge is 0.480 e. The van der Waals surface area contributed by atoms with E-state index in [1.807, 2.05) is 13.8 Å². The van der Waals surface area contributed by atoms with E-state index in [9.17, 15) is 24.3 Å².